The van der Waals surface area contributed by atoms with Crippen molar-refractivity contribution in [1.29, 1.82) is 0 Å². The van der Waals surface area contributed by atoms with Crippen molar-refractivity contribution in [2.24, 2.45) is 0 Å². The van der Waals surface area contributed by atoms with Gasteiger partial charge in [0.2, 0.25) is 21.8 Å². The highest BCUT2D eigenvalue weighted by Crippen LogP contribution is 2.21. The monoisotopic (exact) mass is 601 g/mol. The zero-order chi connectivity index (χ0) is 30.0. The van der Waals surface area contributed by atoms with E-state index in [1.54, 1.807) is 23.1 Å². The number of sulfonamides is 1. The molecule has 0 heterocycles. The van der Waals surface area contributed by atoms with Crippen molar-refractivity contribution in [3.63, 3.8) is 0 Å². The van der Waals surface area contributed by atoms with Crippen molar-refractivity contribution in [3.05, 3.63) is 101 Å². The number of hydrogen-bond donors (Lipinski definition) is 1. The van der Waals surface area contributed by atoms with E-state index in [2.05, 4.69) is 5.32 Å². The molecule has 1 N–H and O–H groups in total. The predicted molar refractivity (Wildman–Crippen MR) is 162 cm³/mol. The lowest BCUT2D eigenvalue weighted by Gasteiger charge is -2.32. The molecule has 0 saturated heterocycles. The average molecular weight is 602 g/mol. The minimum Gasteiger partial charge on any atom is -0.352 e. The second-order valence-electron chi connectivity index (χ2n) is 10.1. The maximum atomic E-state index is 13.8. The summed E-state index contributed by atoms with van der Waals surface area (Å²) in [5.41, 5.74) is 1.98. The van der Waals surface area contributed by atoms with Gasteiger partial charge >= 0.3 is 0 Å². The molecule has 220 valence electrons. The van der Waals surface area contributed by atoms with Gasteiger partial charge in [0.15, 0.2) is 0 Å². The van der Waals surface area contributed by atoms with Gasteiger partial charge in [0.1, 0.15) is 11.9 Å². The normalized spacial score (nSPS) is 12.8. The van der Waals surface area contributed by atoms with Crippen LogP contribution in [0.5, 0.6) is 0 Å². The van der Waals surface area contributed by atoms with E-state index in [9.17, 15) is 22.4 Å². The quantitative estimate of drug-likeness (QED) is 0.261. The summed E-state index contributed by atoms with van der Waals surface area (Å²) >= 11 is 6.23. The first-order valence-electron chi connectivity index (χ1n) is 13.6. The topological polar surface area (TPSA) is 86.8 Å². The number of benzene rings is 3. The van der Waals surface area contributed by atoms with E-state index in [-0.39, 0.29) is 43.8 Å². The molecule has 3 aromatic carbocycles. The molecule has 2 atom stereocenters. The number of rotatable bonds is 14. The van der Waals surface area contributed by atoms with Crippen molar-refractivity contribution >= 4 is 39.1 Å². The first-order chi connectivity index (χ1) is 19.5. The Hall–Kier alpha value is -3.43. The van der Waals surface area contributed by atoms with Crippen LogP contribution in [0.1, 0.15) is 44.2 Å². The van der Waals surface area contributed by atoms with Crippen LogP contribution < -0.4 is 9.62 Å². The standard InChI is InChI=1S/C31H37ClFN3O4S/c1-4-23(2)34-31(38)29(21-24-10-6-5-7-11-24)35(22-25-12-8-13-26(32)20-25)30(37)14-9-19-36(41(3,39)40)28-17-15-27(33)16-18-28/h5-8,10-13,15-18,20,23,29H,4,9,14,19,21-22H2,1-3H3,(H,34,38)/t23-,29+/m0/s1. The molecule has 0 aliphatic heterocycles. The average Bonchev–Trinajstić information content (AvgIpc) is 2.93. The number of carbonyl (C=O) groups is 2. The predicted octanol–water partition coefficient (Wildman–Crippen LogP) is 5.58. The number of hydrogen-bond acceptors (Lipinski definition) is 4. The molecule has 0 radical (unpaired) electrons. The molecule has 2 amide bonds. The first kappa shape index (κ1) is 32.1. The second kappa shape index (κ2) is 15.0. The van der Waals surface area contributed by atoms with E-state index >= 15 is 0 Å². The summed E-state index contributed by atoms with van der Waals surface area (Å²) in [6.45, 7) is 4.05. The lowest BCUT2D eigenvalue weighted by Crippen LogP contribution is -2.52. The Kier molecular flexibility index (Phi) is 11.7. The van der Waals surface area contributed by atoms with Crippen molar-refractivity contribution < 1.29 is 22.4 Å². The van der Waals surface area contributed by atoms with E-state index in [0.29, 0.717) is 17.1 Å². The van der Waals surface area contributed by atoms with E-state index in [1.165, 1.54) is 24.3 Å². The van der Waals surface area contributed by atoms with Crippen LogP contribution in [-0.2, 0) is 32.6 Å². The molecule has 0 aliphatic rings. The van der Waals surface area contributed by atoms with Crippen LogP contribution in [0, 0.1) is 5.82 Å². The molecule has 3 aromatic rings. The maximum Gasteiger partial charge on any atom is 0.243 e. The van der Waals surface area contributed by atoms with E-state index in [4.69, 9.17) is 11.6 Å². The third kappa shape index (κ3) is 9.86. The lowest BCUT2D eigenvalue weighted by atomic mass is 10.0. The molecule has 0 unspecified atom stereocenters. The molecule has 3 rings (SSSR count). The highest BCUT2D eigenvalue weighted by atomic mass is 35.5. The van der Waals surface area contributed by atoms with Gasteiger partial charge in [0.25, 0.3) is 0 Å². The van der Waals surface area contributed by atoms with Crippen LogP contribution in [0.3, 0.4) is 0 Å². The molecule has 10 heteroatoms. The summed E-state index contributed by atoms with van der Waals surface area (Å²) in [4.78, 5) is 29.0. The molecular formula is C31H37ClFN3O4S. The van der Waals surface area contributed by atoms with Gasteiger partial charge in [-0.2, -0.15) is 0 Å². The molecule has 0 spiro atoms. The molecular weight excluding hydrogens is 565 g/mol. The van der Waals surface area contributed by atoms with E-state index in [0.717, 1.165) is 28.1 Å². The van der Waals surface area contributed by atoms with Gasteiger partial charge in [-0.05, 0) is 67.3 Å². The fourth-order valence-corrected chi connectivity index (χ4v) is 5.62. The van der Waals surface area contributed by atoms with Crippen LogP contribution in [0.4, 0.5) is 10.1 Å². The molecule has 0 saturated carbocycles. The highest BCUT2D eigenvalue weighted by molar-refractivity contribution is 7.92. The fourth-order valence-electron chi connectivity index (χ4n) is 4.44. The smallest absolute Gasteiger partial charge is 0.243 e. The van der Waals surface area contributed by atoms with Gasteiger partial charge in [-0.3, -0.25) is 13.9 Å². The van der Waals surface area contributed by atoms with Gasteiger partial charge < -0.3 is 10.2 Å². The maximum absolute atomic E-state index is 13.8. The number of carbonyl (C=O) groups excluding carboxylic acids is 2. The zero-order valence-electron chi connectivity index (χ0n) is 23.6. The van der Waals surface area contributed by atoms with Crippen LogP contribution in [0.15, 0.2) is 78.9 Å². The first-order valence-corrected chi connectivity index (χ1v) is 15.8. The summed E-state index contributed by atoms with van der Waals surface area (Å²) in [5, 5.41) is 3.54. The number of amides is 2. The highest BCUT2D eigenvalue weighted by Gasteiger charge is 2.31. The van der Waals surface area contributed by atoms with Crippen molar-refractivity contribution in [2.45, 2.75) is 58.2 Å². The summed E-state index contributed by atoms with van der Waals surface area (Å²) in [6.07, 6.45) is 2.30. The van der Waals surface area contributed by atoms with Crippen LogP contribution in [0.25, 0.3) is 0 Å². The molecule has 41 heavy (non-hydrogen) atoms. The fraction of sp³-hybridized carbons (Fsp3) is 0.355. The van der Waals surface area contributed by atoms with Gasteiger partial charge in [0, 0.05) is 37.0 Å². The number of nitrogens with zero attached hydrogens (tertiary/aromatic N) is 2. The van der Waals surface area contributed by atoms with Gasteiger partial charge in [0.05, 0.1) is 11.9 Å². The Morgan fingerprint density at radius 1 is 0.976 bits per heavy atom. The van der Waals surface area contributed by atoms with Crippen LogP contribution in [-0.4, -0.2) is 50.0 Å². The Balaban J connectivity index is 1.89. The molecule has 0 aromatic heterocycles. The van der Waals surface area contributed by atoms with Gasteiger partial charge in [-0.15, -0.1) is 0 Å². The summed E-state index contributed by atoms with van der Waals surface area (Å²) in [7, 11) is -3.68. The summed E-state index contributed by atoms with van der Waals surface area (Å²) in [6, 6.07) is 20.9. The van der Waals surface area contributed by atoms with Gasteiger partial charge in [-0.25, -0.2) is 12.8 Å². The van der Waals surface area contributed by atoms with Crippen molar-refractivity contribution in [2.75, 3.05) is 17.1 Å². The summed E-state index contributed by atoms with van der Waals surface area (Å²) < 4.78 is 39.6. The Bertz CT molecular complexity index is 1400. The minimum absolute atomic E-state index is 0.00428. The van der Waals surface area contributed by atoms with Gasteiger partial charge in [-0.1, -0.05) is 61.0 Å². The zero-order valence-corrected chi connectivity index (χ0v) is 25.2. The third-order valence-electron chi connectivity index (χ3n) is 6.78. The third-order valence-corrected chi connectivity index (χ3v) is 8.21. The van der Waals surface area contributed by atoms with Crippen LogP contribution >= 0.6 is 11.6 Å². The second-order valence-corrected chi connectivity index (χ2v) is 12.4. The number of halogens is 2. The lowest BCUT2D eigenvalue weighted by molar-refractivity contribution is -0.141. The molecule has 0 fully saturated rings. The molecule has 7 nitrogen and oxygen atoms in total. The Labute approximate surface area is 247 Å². The summed E-state index contributed by atoms with van der Waals surface area (Å²) in [5.74, 6) is -1.03. The van der Waals surface area contributed by atoms with E-state index in [1.807, 2.05) is 50.2 Å². The number of nitrogens with one attached hydrogen (secondary N) is 1. The Morgan fingerprint density at radius 3 is 2.24 bits per heavy atom. The number of anilines is 1. The largest absolute Gasteiger partial charge is 0.352 e. The molecule has 0 aliphatic carbocycles. The van der Waals surface area contributed by atoms with Crippen LogP contribution in [0.2, 0.25) is 5.02 Å². The Morgan fingerprint density at radius 2 is 1.63 bits per heavy atom. The minimum atomic E-state index is -3.68. The van der Waals surface area contributed by atoms with E-state index < -0.39 is 21.9 Å². The molecule has 0 bridgehead atoms. The SMILES string of the molecule is CC[C@H](C)NC(=O)[C@@H](Cc1ccccc1)N(Cc1cccc(Cl)c1)C(=O)CCCN(c1ccc(F)cc1)S(C)(=O)=O. The van der Waals surface area contributed by atoms with Crippen molar-refractivity contribution in [3.8, 4) is 0 Å². The van der Waals surface area contributed by atoms with Crippen molar-refractivity contribution in [1.82, 2.24) is 10.2 Å².